The molecule has 1 aromatic heterocycles. The molecule has 0 saturated carbocycles. The van der Waals surface area contributed by atoms with Crippen molar-refractivity contribution in [3.63, 3.8) is 0 Å². The summed E-state index contributed by atoms with van der Waals surface area (Å²) in [7, 11) is 0. The third-order valence-corrected chi connectivity index (χ3v) is 1.42. The van der Waals surface area contributed by atoms with Crippen LogP contribution in [0.5, 0.6) is 6.01 Å². The van der Waals surface area contributed by atoms with E-state index >= 15 is 0 Å². The number of hydrogen-bond donors (Lipinski definition) is 1. The molecule has 0 bridgehead atoms. The highest BCUT2D eigenvalue weighted by atomic mass is 16.5. The van der Waals surface area contributed by atoms with Crippen molar-refractivity contribution in [3.05, 3.63) is 12.4 Å². The molecule has 66 valence electrons. The van der Waals surface area contributed by atoms with E-state index in [0.717, 1.165) is 12.8 Å². The molecule has 1 rings (SSSR count). The largest absolute Gasteiger partial charge is 0.392 e. The van der Waals surface area contributed by atoms with Crippen molar-refractivity contribution in [3.8, 4) is 6.01 Å². The Balaban J connectivity index is 2.27. The van der Waals surface area contributed by atoms with E-state index < -0.39 is 0 Å². The van der Waals surface area contributed by atoms with E-state index in [1.54, 1.807) is 12.4 Å². The van der Waals surface area contributed by atoms with Gasteiger partial charge in [0, 0.05) is 18.8 Å². The molecule has 0 atom stereocenters. The number of nitrogens with one attached hydrogen (secondary N) is 1. The number of aromatic nitrogens is 2. The Labute approximate surface area is 71.0 Å². The first-order valence-corrected chi connectivity index (χ1v) is 4.03. The van der Waals surface area contributed by atoms with Gasteiger partial charge in [0.05, 0.1) is 0 Å². The van der Waals surface area contributed by atoms with Crippen LogP contribution in [0.4, 0.5) is 0 Å². The van der Waals surface area contributed by atoms with E-state index in [0.29, 0.717) is 6.42 Å². The van der Waals surface area contributed by atoms with Crippen LogP contribution in [-0.4, -0.2) is 15.9 Å². The van der Waals surface area contributed by atoms with Crippen LogP contribution in [0.25, 0.3) is 0 Å². The van der Waals surface area contributed by atoms with Crippen LogP contribution in [0.1, 0.15) is 26.2 Å². The number of imidazole rings is 1. The maximum Gasteiger partial charge on any atom is 0.313 e. The van der Waals surface area contributed by atoms with Crippen LogP contribution < -0.4 is 4.74 Å². The Kier molecular flexibility index (Phi) is 3.32. The number of carbonyl (C=O) groups excluding carboxylic acids is 1. The van der Waals surface area contributed by atoms with E-state index in [2.05, 4.69) is 9.97 Å². The van der Waals surface area contributed by atoms with Gasteiger partial charge in [-0.1, -0.05) is 13.3 Å². The van der Waals surface area contributed by atoms with Gasteiger partial charge < -0.3 is 9.72 Å². The van der Waals surface area contributed by atoms with Gasteiger partial charge in [-0.2, -0.15) is 0 Å². The lowest BCUT2D eigenvalue weighted by Crippen LogP contribution is -2.08. The van der Waals surface area contributed by atoms with Gasteiger partial charge in [0.25, 0.3) is 0 Å². The van der Waals surface area contributed by atoms with Gasteiger partial charge in [-0.3, -0.25) is 4.79 Å². The van der Waals surface area contributed by atoms with E-state index in [1.165, 1.54) is 0 Å². The number of ether oxygens (including phenoxy) is 1. The van der Waals surface area contributed by atoms with Crippen LogP contribution in [0, 0.1) is 0 Å². The quantitative estimate of drug-likeness (QED) is 0.693. The van der Waals surface area contributed by atoms with Crippen molar-refractivity contribution in [1.29, 1.82) is 0 Å². The summed E-state index contributed by atoms with van der Waals surface area (Å²) in [6, 6.07) is 0.274. The minimum Gasteiger partial charge on any atom is -0.392 e. The van der Waals surface area contributed by atoms with Crippen LogP contribution in [-0.2, 0) is 4.79 Å². The summed E-state index contributed by atoms with van der Waals surface area (Å²) in [5.41, 5.74) is 0. The molecule has 0 radical (unpaired) electrons. The zero-order valence-electron chi connectivity index (χ0n) is 7.04. The Bertz CT molecular complexity index is 231. The average Bonchev–Trinajstić information content (AvgIpc) is 2.53. The lowest BCUT2D eigenvalue weighted by Gasteiger charge is -1.98. The molecule has 12 heavy (non-hydrogen) atoms. The molecule has 0 aliphatic rings. The van der Waals surface area contributed by atoms with Crippen molar-refractivity contribution in [1.82, 2.24) is 9.97 Å². The second-order valence-electron chi connectivity index (χ2n) is 2.47. The van der Waals surface area contributed by atoms with Gasteiger partial charge in [0.2, 0.25) is 0 Å². The standard InChI is InChI=1S/C8H12N2O2/c1-2-3-4-7(11)12-8-9-5-6-10-8/h5-6H,2-4H2,1H3,(H,9,10). The summed E-state index contributed by atoms with van der Waals surface area (Å²) in [6.07, 6.45) is 5.47. The van der Waals surface area contributed by atoms with E-state index in [4.69, 9.17) is 4.74 Å². The van der Waals surface area contributed by atoms with Crippen molar-refractivity contribution in [2.75, 3.05) is 0 Å². The molecule has 1 heterocycles. The summed E-state index contributed by atoms with van der Waals surface area (Å²) in [4.78, 5) is 17.4. The lowest BCUT2D eigenvalue weighted by molar-refractivity contribution is -0.135. The van der Waals surface area contributed by atoms with Crippen molar-refractivity contribution in [2.24, 2.45) is 0 Å². The van der Waals surface area contributed by atoms with Crippen molar-refractivity contribution >= 4 is 5.97 Å². The minimum absolute atomic E-state index is 0.230. The summed E-state index contributed by atoms with van der Waals surface area (Å²) in [6.45, 7) is 2.03. The van der Waals surface area contributed by atoms with Crippen LogP contribution in [0.3, 0.4) is 0 Å². The summed E-state index contributed by atoms with van der Waals surface area (Å²) in [5.74, 6) is -0.230. The molecule has 0 spiro atoms. The Morgan fingerprint density at radius 2 is 2.58 bits per heavy atom. The first-order chi connectivity index (χ1) is 5.83. The molecule has 1 aromatic rings. The molecule has 4 nitrogen and oxygen atoms in total. The van der Waals surface area contributed by atoms with Crippen LogP contribution in [0.15, 0.2) is 12.4 Å². The molecule has 4 heteroatoms. The monoisotopic (exact) mass is 168 g/mol. The van der Waals surface area contributed by atoms with Gasteiger partial charge in [-0.25, -0.2) is 4.98 Å². The molecular weight excluding hydrogens is 156 g/mol. The molecule has 0 fully saturated rings. The van der Waals surface area contributed by atoms with Crippen LogP contribution >= 0.6 is 0 Å². The highest BCUT2D eigenvalue weighted by molar-refractivity contribution is 5.71. The molecule has 0 aliphatic heterocycles. The summed E-state index contributed by atoms with van der Waals surface area (Å²) < 4.78 is 4.85. The highest BCUT2D eigenvalue weighted by Crippen LogP contribution is 2.02. The second-order valence-corrected chi connectivity index (χ2v) is 2.47. The fraction of sp³-hybridized carbons (Fsp3) is 0.500. The third-order valence-electron chi connectivity index (χ3n) is 1.42. The second kappa shape index (κ2) is 4.54. The van der Waals surface area contributed by atoms with Crippen molar-refractivity contribution < 1.29 is 9.53 Å². The third kappa shape index (κ3) is 2.74. The number of carbonyl (C=O) groups is 1. The first-order valence-electron chi connectivity index (χ1n) is 4.03. The number of aromatic amines is 1. The molecule has 0 aromatic carbocycles. The number of rotatable bonds is 4. The predicted octanol–water partition coefficient (Wildman–Crippen LogP) is 1.51. The topological polar surface area (TPSA) is 55.0 Å². The fourth-order valence-electron chi connectivity index (χ4n) is 0.787. The normalized spacial score (nSPS) is 9.75. The van der Waals surface area contributed by atoms with E-state index in [9.17, 15) is 4.79 Å². The molecule has 0 saturated heterocycles. The Morgan fingerprint density at radius 3 is 3.17 bits per heavy atom. The number of nitrogens with zero attached hydrogens (tertiary/aromatic N) is 1. The molecular formula is C8H12N2O2. The average molecular weight is 168 g/mol. The zero-order chi connectivity index (χ0) is 8.81. The highest BCUT2D eigenvalue weighted by Gasteiger charge is 2.04. The molecule has 0 amide bonds. The Morgan fingerprint density at radius 1 is 1.75 bits per heavy atom. The smallest absolute Gasteiger partial charge is 0.313 e. The number of unbranched alkanes of at least 4 members (excludes halogenated alkanes) is 1. The van der Waals surface area contributed by atoms with E-state index in [1.807, 2.05) is 6.92 Å². The van der Waals surface area contributed by atoms with Gasteiger partial charge >= 0.3 is 12.0 Å². The van der Waals surface area contributed by atoms with Gasteiger partial charge in [-0.05, 0) is 6.42 Å². The maximum atomic E-state index is 11.0. The summed E-state index contributed by atoms with van der Waals surface area (Å²) in [5, 5.41) is 0. The number of H-pyrrole nitrogens is 1. The van der Waals surface area contributed by atoms with Gasteiger partial charge in [0.1, 0.15) is 0 Å². The molecule has 0 aliphatic carbocycles. The predicted molar refractivity (Wildman–Crippen MR) is 43.7 cm³/mol. The maximum absolute atomic E-state index is 11.0. The van der Waals surface area contributed by atoms with E-state index in [-0.39, 0.29) is 12.0 Å². The first kappa shape index (κ1) is 8.77. The zero-order valence-corrected chi connectivity index (χ0v) is 7.04. The number of esters is 1. The minimum atomic E-state index is -0.230. The fourth-order valence-corrected chi connectivity index (χ4v) is 0.787. The van der Waals surface area contributed by atoms with Gasteiger partial charge in [0.15, 0.2) is 0 Å². The number of hydrogen-bond acceptors (Lipinski definition) is 3. The molecule has 1 N–H and O–H groups in total. The SMILES string of the molecule is CCCCC(=O)Oc1ncc[nH]1. The Hall–Kier alpha value is -1.32. The lowest BCUT2D eigenvalue weighted by atomic mass is 10.3. The summed E-state index contributed by atoms with van der Waals surface area (Å²) >= 11 is 0. The van der Waals surface area contributed by atoms with Crippen LogP contribution in [0.2, 0.25) is 0 Å². The molecule has 0 unspecified atom stereocenters. The van der Waals surface area contributed by atoms with Gasteiger partial charge in [-0.15, -0.1) is 0 Å². The van der Waals surface area contributed by atoms with Crippen molar-refractivity contribution in [2.45, 2.75) is 26.2 Å².